The van der Waals surface area contributed by atoms with E-state index in [0.29, 0.717) is 11.4 Å². The second-order valence-electron chi connectivity index (χ2n) is 4.10. The molecule has 0 aromatic heterocycles. The van der Waals surface area contributed by atoms with Crippen LogP contribution in [-0.2, 0) is 10.0 Å². The average molecular weight is 306 g/mol. The molecular formula is C14H14N2O4S. The normalized spacial score (nSPS) is 10.7. The third-order valence-electron chi connectivity index (χ3n) is 2.63. The number of sulfonamides is 1. The first-order valence-electron chi connectivity index (χ1n) is 6.04. The van der Waals surface area contributed by atoms with E-state index >= 15 is 0 Å². The summed E-state index contributed by atoms with van der Waals surface area (Å²) in [5.74, 6) is 0.530. The molecule has 2 aromatic rings. The number of carbonyl (C=O) groups is 1. The Bertz CT molecular complexity index is 712. The largest absolute Gasteiger partial charge is 0.497 e. The highest BCUT2D eigenvalue weighted by atomic mass is 32.2. The molecule has 6 nitrogen and oxygen atoms in total. The van der Waals surface area contributed by atoms with Gasteiger partial charge in [0.1, 0.15) is 5.75 Å². The van der Waals surface area contributed by atoms with E-state index in [1.165, 1.54) is 31.4 Å². The van der Waals surface area contributed by atoms with E-state index in [2.05, 4.69) is 5.32 Å². The molecule has 0 aliphatic heterocycles. The van der Waals surface area contributed by atoms with Crippen molar-refractivity contribution >= 4 is 21.7 Å². The second-order valence-corrected chi connectivity index (χ2v) is 5.78. The summed E-state index contributed by atoms with van der Waals surface area (Å²) in [6.45, 7) is 0. The average Bonchev–Trinajstić information content (AvgIpc) is 2.47. The molecule has 110 valence electrons. The van der Waals surface area contributed by atoms with Crippen molar-refractivity contribution in [2.45, 2.75) is 4.90 Å². The zero-order chi connectivity index (χ0) is 15.3. The fraction of sp³-hybridized carbons (Fsp3) is 0.0714. The number of para-hydroxylation sites is 1. The van der Waals surface area contributed by atoms with Gasteiger partial charge >= 0.3 is 6.03 Å². The Balaban J connectivity index is 2.07. The van der Waals surface area contributed by atoms with Gasteiger partial charge in [0, 0.05) is 5.69 Å². The van der Waals surface area contributed by atoms with Crippen molar-refractivity contribution in [2.75, 3.05) is 12.4 Å². The number of methoxy groups -OCH3 is 1. The summed E-state index contributed by atoms with van der Waals surface area (Å²) in [6.07, 6.45) is 0. The van der Waals surface area contributed by atoms with Gasteiger partial charge in [0.15, 0.2) is 0 Å². The highest BCUT2D eigenvalue weighted by Gasteiger charge is 2.17. The van der Waals surface area contributed by atoms with Gasteiger partial charge in [0.25, 0.3) is 10.0 Å². The lowest BCUT2D eigenvalue weighted by Gasteiger charge is -2.09. The SMILES string of the molecule is COc1ccc(S(=O)(=O)NC(=O)Nc2ccccc2)cc1. The number of benzene rings is 2. The Hall–Kier alpha value is -2.54. The van der Waals surface area contributed by atoms with Crippen LogP contribution in [-0.4, -0.2) is 21.6 Å². The standard InChI is InChI=1S/C14H14N2O4S/c1-20-12-7-9-13(10-8-12)21(18,19)16-14(17)15-11-5-3-2-4-6-11/h2-10H,1H3,(H2,15,16,17). The summed E-state index contributed by atoms with van der Waals surface area (Å²) >= 11 is 0. The predicted molar refractivity (Wildman–Crippen MR) is 78.8 cm³/mol. The number of urea groups is 1. The molecule has 0 radical (unpaired) electrons. The zero-order valence-corrected chi connectivity index (χ0v) is 12.1. The van der Waals surface area contributed by atoms with Crippen LogP contribution in [0.3, 0.4) is 0 Å². The summed E-state index contributed by atoms with van der Waals surface area (Å²) in [7, 11) is -2.44. The van der Waals surface area contributed by atoms with E-state index in [4.69, 9.17) is 4.74 Å². The van der Waals surface area contributed by atoms with Crippen LogP contribution in [0.15, 0.2) is 59.5 Å². The molecule has 2 N–H and O–H groups in total. The number of hydrogen-bond donors (Lipinski definition) is 2. The molecule has 0 saturated heterocycles. The first kappa shape index (κ1) is 14.9. The van der Waals surface area contributed by atoms with Gasteiger partial charge in [0.2, 0.25) is 0 Å². The first-order chi connectivity index (χ1) is 10.0. The van der Waals surface area contributed by atoms with E-state index in [0.717, 1.165) is 0 Å². The minimum Gasteiger partial charge on any atom is -0.497 e. The number of carbonyl (C=O) groups excluding carboxylic acids is 1. The minimum absolute atomic E-state index is 0.0217. The van der Waals surface area contributed by atoms with E-state index in [1.54, 1.807) is 30.3 Å². The lowest BCUT2D eigenvalue weighted by molar-refractivity contribution is 0.256. The van der Waals surface area contributed by atoms with Gasteiger partial charge in [-0.25, -0.2) is 17.9 Å². The van der Waals surface area contributed by atoms with E-state index in [-0.39, 0.29) is 4.90 Å². The quantitative estimate of drug-likeness (QED) is 0.907. The van der Waals surface area contributed by atoms with E-state index in [1.807, 2.05) is 4.72 Å². The molecule has 0 aliphatic carbocycles. The molecule has 0 heterocycles. The topological polar surface area (TPSA) is 84.5 Å². The molecular weight excluding hydrogens is 292 g/mol. The fourth-order valence-electron chi connectivity index (χ4n) is 1.61. The molecule has 0 fully saturated rings. The molecule has 0 atom stereocenters. The lowest BCUT2D eigenvalue weighted by Crippen LogP contribution is -2.34. The van der Waals surface area contributed by atoms with Crippen LogP contribution >= 0.6 is 0 Å². The Morgan fingerprint density at radius 1 is 1.00 bits per heavy atom. The molecule has 2 aromatic carbocycles. The van der Waals surface area contributed by atoms with Crippen LogP contribution < -0.4 is 14.8 Å². The van der Waals surface area contributed by atoms with E-state index in [9.17, 15) is 13.2 Å². The first-order valence-corrected chi connectivity index (χ1v) is 7.52. The maximum absolute atomic E-state index is 12.0. The molecule has 0 aliphatic rings. The van der Waals surface area contributed by atoms with Crippen molar-refractivity contribution in [3.63, 3.8) is 0 Å². The molecule has 2 rings (SSSR count). The van der Waals surface area contributed by atoms with Crippen LogP contribution in [0, 0.1) is 0 Å². The predicted octanol–water partition coefficient (Wildman–Crippen LogP) is 2.21. The van der Waals surface area contributed by atoms with Gasteiger partial charge in [0.05, 0.1) is 12.0 Å². The van der Waals surface area contributed by atoms with Crippen LogP contribution in [0.2, 0.25) is 0 Å². The maximum atomic E-state index is 12.0. The van der Waals surface area contributed by atoms with Crippen molar-refractivity contribution in [3.05, 3.63) is 54.6 Å². The Morgan fingerprint density at radius 2 is 1.62 bits per heavy atom. The molecule has 2 amide bonds. The van der Waals surface area contributed by atoms with Crippen LogP contribution in [0.25, 0.3) is 0 Å². The van der Waals surface area contributed by atoms with Crippen LogP contribution in [0.4, 0.5) is 10.5 Å². The molecule has 0 saturated carbocycles. The van der Waals surface area contributed by atoms with Crippen LogP contribution in [0.1, 0.15) is 0 Å². The molecule has 21 heavy (non-hydrogen) atoms. The fourth-order valence-corrected chi connectivity index (χ4v) is 2.52. The highest BCUT2D eigenvalue weighted by molar-refractivity contribution is 7.90. The Labute approximate surface area is 122 Å². The Morgan fingerprint density at radius 3 is 2.19 bits per heavy atom. The third-order valence-corrected chi connectivity index (χ3v) is 3.98. The lowest BCUT2D eigenvalue weighted by atomic mass is 10.3. The van der Waals surface area contributed by atoms with Gasteiger partial charge in [-0.3, -0.25) is 0 Å². The van der Waals surface area contributed by atoms with Crippen molar-refractivity contribution in [1.82, 2.24) is 4.72 Å². The van der Waals surface area contributed by atoms with Crippen molar-refractivity contribution in [3.8, 4) is 5.75 Å². The number of amides is 2. The molecule has 0 bridgehead atoms. The molecule has 0 unspecified atom stereocenters. The second kappa shape index (κ2) is 6.27. The minimum atomic E-state index is -3.92. The van der Waals surface area contributed by atoms with E-state index < -0.39 is 16.1 Å². The van der Waals surface area contributed by atoms with Crippen molar-refractivity contribution in [1.29, 1.82) is 0 Å². The number of ether oxygens (including phenoxy) is 1. The Kier molecular flexibility index (Phi) is 4.44. The maximum Gasteiger partial charge on any atom is 0.333 e. The van der Waals surface area contributed by atoms with Gasteiger partial charge in [-0.15, -0.1) is 0 Å². The van der Waals surface area contributed by atoms with Crippen molar-refractivity contribution in [2.24, 2.45) is 0 Å². The van der Waals surface area contributed by atoms with Crippen LogP contribution in [0.5, 0.6) is 5.75 Å². The van der Waals surface area contributed by atoms with Gasteiger partial charge in [-0.05, 0) is 36.4 Å². The van der Waals surface area contributed by atoms with Gasteiger partial charge in [-0.2, -0.15) is 0 Å². The monoisotopic (exact) mass is 306 g/mol. The molecule has 0 spiro atoms. The summed E-state index contributed by atoms with van der Waals surface area (Å²) in [6, 6.07) is 13.5. The summed E-state index contributed by atoms with van der Waals surface area (Å²) < 4.78 is 30.9. The summed E-state index contributed by atoms with van der Waals surface area (Å²) in [4.78, 5) is 11.7. The highest BCUT2D eigenvalue weighted by Crippen LogP contribution is 2.15. The molecule has 7 heteroatoms. The third kappa shape index (κ3) is 3.96. The number of hydrogen-bond acceptors (Lipinski definition) is 4. The number of anilines is 1. The number of rotatable bonds is 4. The van der Waals surface area contributed by atoms with Crippen molar-refractivity contribution < 1.29 is 17.9 Å². The smallest absolute Gasteiger partial charge is 0.333 e. The summed E-state index contributed by atoms with van der Waals surface area (Å²) in [5, 5.41) is 2.44. The number of nitrogens with one attached hydrogen (secondary N) is 2. The van der Waals surface area contributed by atoms with Gasteiger partial charge in [-0.1, -0.05) is 18.2 Å². The summed E-state index contributed by atoms with van der Waals surface area (Å²) in [5.41, 5.74) is 0.500. The van der Waals surface area contributed by atoms with Gasteiger partial charge < -0.3 is 10.1 Å². The zero-order valence-electron chi connectivity index (χ0n) is 11.2.